The van der Waals surface area contributed by atoms with Crippen molar-refractivity contribution in [2.75, 3.05) is 20.2 Å². The van der Waals surface area contributed by atoms with E-state index in [9.17, 15) is 14.4 Å². The van der Waals surface area contributed by atoms with Crippen molar-refractivity contribution in [2.24, 2.45) is 11.8 Å². The standard InChI is InChI=1S/C29H36BrIN2O5/c1-19(13-14-32(5)27(35)38-29(2,3)4)24(17-21-16-22(31)11-12-25(21)30)26(34)33-23(18-37-28(33)36)15-20-9-7-6-8-10-20/h6-12,16,19,23-24H,13-15,17-18H2,1-5H3/t19-,23+,24+/m1/s1. The molecule has 0 spiro atoms. The van der Waals surface area contributed by atoms with Gasteiger partial charge in [0.1, 0.15) is 12.2 Å². The first-order valence-electron chi connectivity index (χ1n) is 12.8. The summed E-state index contributed by atoms with van der Waals surface area (Å²) in [4.78, 5) is 42.2. The van der Waals surface area contributed by atoms with Gasteiger partial charge in [0, 0.05) is 27.6 Å². The van der Waals surface area contributed by atoms with Crippen LogP contribution in [-0.4, -0.2) is 59.7 Å². The molecule has 9 heteroatoms. The quantitative estimate of drug-likeness (QED) is 0.273. The van der Waals surface area contributed by atoms with E-state index >= 15 is 0 Å². The first-order valence-corrected chi connectivity index (χ1v) is 14.6. The fourth-order valence-electron chi connectivity index (χ4n) is 4.44. The summed E-state index contributed by atoms with van der Waals surface area (Å²) in [7, 11) is 1.70. The van der Waals surface area contributed by atoms with Gasteiger partial charge in [0.2, 0.25) is 5.91 Å². The summed E-state index contributed by atoms with van der Waals surface area (Å²) in [6, 6.07) is 15.5. The molecule has 1 fully saturated rings. The van der Waals surface area contributed by atoms with Gasteiger partial charge in [-0.05, 0) is 97.9 Å². The van der Waals surface area contributed by atoms with Crippen LogP contribution in [0.5, 0.6) is 0 Å². The van der Waals surface area contributed by atoms with E-state index in [2.05, 4.69) is 38.5 Å². The first kappa shape index (κ1) is 30.4. The fraction of sp³-hybridized carbons (Fsp3) is 0.483. The maximum atomic E-state index is 14.1. The van der Waals surface area contributed by atoms with Crippen molar-refractivity contribution in [3.8, 4) is 0 Å². The van der Waals surface area contributed by atoms with E-state index in [0.29, 0.717) is 25.8 Å². The lowest BCUT2D eigenvalue weighted by Gasteiger charge is -2.30. The van der Waals surface area contributed by atoms with Gasteiger partial charge < -0.3 is 14.4 Å². The molecule has 206 valence electrons. The van der Waals surface area contributed by atoms with Crippen LogP contribution in [0, 0.1) is 15.4 Å². The van der Waals surface area contributed by atoms with Gasteiger partial charge in [0.05, 0.1) is 6.04 Å². The number of amides is 3. The second-order valence-corrected chi connectivity index (χ2v) is 12.9. The summed E-state index contributed by atoms with van der Waals surface area (Å²) >= 11 is 5.88. The molecule has 0 aromatic heterocycles. The third kappa shape index (κ3) is 8.43. The van der Waals surface area contributed by atoms with Gasteiger partial charge >= 0.3 is 12.2 Å². The Bertz CT molecular complexity index is 1140. The fourth-order valence-corrected chi connectivity index (χ4v) is 5.41. The van der Waals surface area contributed by atoms with Gasteiger partial charge in [-0.1, -0.05) is 53.2 Å². The number of imide groups is 1. The Morgan fingerprint density at radius 3 is 2.55 bits per heavy atom. The smallest absolute Gasteiger partial charge is 0.416 e. The zero-order valence-corrected chi connectivity index (χ0v) is 26.3. The van der Waals surface area contributed by atoms with Crippen LogP contribution in [0.3, 0.4) is 0 Å². The summed E-state index contributed by atoms with van der Waals surface area (Å²) in [6.07, 6.45) is 0.558. The summed E-state index contributed by atoms with van der Waals surface area (Å²) in [5, 5.41) is 0. The second kappa shape index (κ2) is 13.3. The number of hydrogen-bond donors (Lipinski definition) is 0. The van der Waals surface area contributed by atoms with Crippen LogP contribution in [-0.2, 0) is 27.1 Å². The van der Waals surface area contributed by atoms with E-state index in [-0.39, 0.29) is 24.5 Å². The first-order chi connectivity index (χ1) is 17.9. The largest absolute Gasteiger partial charge is 0.447 e. The van der Waals surface area contributed by atoms with Gasteiger partial charge in [0.25, 0.3) is 0 Å². The average molecular weight is 699 g/mol. The molecule has 3 atom stereocenters. The number of ether oxygens (including phenoxy) is 2. The highest BCUT2D eigenvalue weighted by Gasteiger charge is 2.42. The Morgan fingerprint density at radius 2 is 1.89 bits per heavy atom. The molecule has 38 heavy (non-hydrogen) atoms. The van der Waals surface area contributed by atoms with E-state index in [1.54, 1.807) is 7.05 Å². The molecule has 3 amide bonds. The SMILES string of the molecule is C[C@H](CCN(C)C(=O)OC(C)(C)C)[C@H](Cc1cc(I)ccc1Br)C(=O)N1C(=O)OC[C@@H]1Cc1ccccc1. The van der Waals surface area contributed by atoms with Crippen molar-refractivity contribution in [1.82, 2.24) is 9.80 Å². The van der Waals surface area contributed by atoms with Crippen molar-refractivity contribution in [1.29, 1.82) is 0 Å². The highest BCUT2D eigenvalue weighted by Crippen LogP contribution is 2.31. The lowest BCUT2D eigenvalue weighted by molar-refractivity contribution is -0.135. The van der Waals surface area contributed by atoms with Crippen LogP contribution in [0.4, 0.5) is 9.59 Å². The Balaban J connectivity index is 1.82. The maximum absolute atomic E-state index is 14.1. The van der Waals surface area contributed by atoms with Crippen LogP contribution in [0.15, 0.2) is 53.0 Å². The van der Waals surface area contributed by atoms with Crippen LogP contribution in [0.25, 0.3) is 0 Å². The monoisotopic (exact) mass is 698 g/mol. The molecule has 1 saturated heterocycles. The van der Waals surface area contributed by atoms with Crippen molar-refractivity contribution in [3.05, 3.63) is 67.7 Å². The third-order valence-electron chi connectivity index (χ3n) is 6.59. The molecule has 1 heterocycles. The number of benzene rings is 2. The minimum Gasteiger partial charge on any atom is -0.447 e. The summed E-state index contributed by atoms with van der Waals surface area (Å²) < 4.78 is 12.8. The number of rotatable bonds is 9. The van der Waals surface area contributed by atoms with Crippen molar-refractivity contribution >= 4 is 56.6 Å². The molecule has 3 rings (SSSR count). The van der Waals surface area contributed by atoms with E-state index in [1.807, 2.05) is 76.2 Å². The Morgan fingerprint density at radius 1 is 1.21 bits per heavy atom. The molecule has 2 aromatic carbocycles. The predicted octanol–water partition coefficient (Wildman–Crippen LogP) is 6.70. The van der Waals surface area contributed by atoms with Crippen LogP contribution in [0.2, 0.25) is 0 Å². The summed E-state index contributed by atoms with van der Waals surface area (Å²) in [6.45, 7) is 8.09. The van der Waals surface area contributed by atoms with Crippen LogP contribution >= 0.6 is 38.5 Å². The van der Waals surface area contributed by atoms with Gasteiger partial charge in [-0.3, -0.25) is 4.79 Å². The molecule has 0 N–H and O–H groups in total. The zero-order valence-electron chi connectivity index (χ0n) is 22.6. The highest BCUT2D eigenvalue weighted by molar-refractivity contribution is 14.1. The molecular formula is C29H36BrIN2O5. The van der Waals surface area contributed by atoms with E-state index in [4.69, 9.17) is 9.47 Å². The van der Waals surface area contributed by atoms with Crippen molar-refractivity contribution < 1.29 is 23.9 Å². The molecule has 0 aliphatic carbocycles. The average Bonchev–Trinajstić information content (AvgIpc) is 3.21. The highest BCUT2D eigenvalue weighted by atomic mass is 127. The van der Waals surface area contributed by atoms with Crippen LogP contribution < -0.4 is 0 Å². The lowest BCUT2D eigenvalue weighted by atomic mass is 9.84. The summed E-state index contributed by atoms with van der Waals surface area (Å²) in [5.41, 5.74) is 1.45. The number of carbonyl (C=O) groups is 3. The normalized spacial score (nSPS) is 17.1. The zero-order chi connectivity index (χ0) is 28.0. The van der Waals surface area contributed by atoms with E-state index in [1.165, 1.54) is 9.80 Å². The van der Waals surface area contributed by atoms with Crippen LogP contribution in [0.1, 0.15) is 45.2 Å². The van der Waals surface area contributed by atoms with E-state index in [0.717, 1.165) is 19.2 Å². The van der Waals surface area contributed by atoms with Gasteiger partial charge in [-0.2, -0.15) is 0 Å². The number of cyclic esters (lactones) is 1. The minimum atomic E-state index is -0.597. The molecular weight excluding hydrogens is 663 g/mol. The molecule has 1 aliphatic heterocycles. The molecule has 0 saturated carbocycles. The van der Waals surface area contributed by atoms with Crippen molar-refractivity contribution in [2.45, 2.75) is 58.6 Å². The predicted molar refractivity (Wildman–Crippen MR) is 159 cm³/mol. The number of carbonyl (C=O) groups excluding carboxylic acids is 3. The number of nitrogens with zero attached hydrogens (tertiary/aromatic N) is 2. The Kier molecular flexibility index (Phi) is 10.6. The van der Waals surface area contributed by atoms with Gasteiger partial charge in [-0.25, -0.2) is 14.5 Å². The summed E-state index contributed by atoms with van der Waals surface area (Å²) in [5.74, 6) is -0.852. The number of hydrogen-bond acceptors (Lipinski definition) is 5. The topological polar surface area (TPSA) is 76.2 Å². The second-order valence-electron chi connectivity index (χ2n) is 10.8. The minimum absolute atomic E-state index is 0.122. The third-order valence-corrected chi connectivity index (χ3v) is 8.03. The maximum Gasteiger partial charge on any atom is 0.416 e. The molecule has 0 bridgehead atoms. The Hall–Kier alpha value is -2.14. The molecule has 2 aromatic rings. The van der Waals surface area contributed by atoms with Gasteiger partial charge in [-0.15, -0.1) is 0 Å². The Labute approximate surface area is 247 Å². The molecule has 0 unspecified atom stereocenters. The van der Waals surface area contributed by atoms with Crippen molar-refractivity contribution in [3.63, 3.8) is 0 Å². The van der Waals surface area contributed by atoms with E-state index < -0.39 is 23.7 Å². The molecule has 7 nitrogen and oxygen atoms in total. The molecule has 0 radical (unpaired) electrons. The number of halogens is 2. The van der Waals surface area contributed by atoms with Gasteiger partial charge in [0.15, 0.2) is 0 Å². The lowest BCUT2D eigenvalue weighted by Crippen LogP contribution is -2.46. The molecule has 1 aliphatic rings.